The summed E-state index contributed by atoms with van der Waals surface area (Å²) < 4.78 is 0. The predicted octanol–water partition coefficient (Wildman–Crippen LogP) is 3.59. The summed E-state index contributed by atoms with van der Waals surface area (Å²) >= 11 is 11.0. The predicted molar refractivity (Wildman–Crippen MR) is 54.8 cm³/mol. The van der Waals surface area contributed by atoms with Crippen molar-refractivity contribution in [2.45, 2.75) is 11.3 Å². The summed E-state index contributed by atoms with van der Waals surface area (Å²) in [7, 11) is 0. The maximum atomic E-state index is 5.52. The number of rotatable bonds is 3. The lowest BCUT2D eigenvalue weighted by Crippen LogP contribution is -1.81. The number of benzene rings is 1. The summed E-state index contributed by atoms with van der Waals surface area (Å²) in [5.41, 5.74) is 1.27. The van der Waals surface area contributed by atoms with Gasteiger partial charge in [0.2, 0.25) is 0 Å². The van der Waals surface area contributed by atoms with Crippen LogP contribution in [0, 0.1) is 0 Å². The first-order chi connectivity index (χ1) is 5.79. The quantitative estimate of drug-likeness (QED) is 0.517. The Labute approximate surface area is 82.8 Å². The van der Waals surface area contributed by atoms with E-state index >= 15 is 0 Å². The van der Waals surface area contributed by atoms with E-state index in [2.05, 4.69) is 12.1 Å². The minimum atomic E-state index is -0.395. The molecular formula is C10H10Cl2. The maximum Gasteiger partial charge on any atom is 0.125 e. The number of hydrogen-bond acceptors (Lipinski definition) is 0. The first-order valence-corrected chi connectivity index (χ1v) is 4.65. The Kier molecular flexibility index (Phi) is 4.20. The Bertz CT molecular complexity index is 239. The van der Waals surface area contributed by atoms with Gasteiger partial charge in [-0.15, -0.1) is 23.2 Å². The van der Waals surface area contributed by atoms with Gasteiger partial charge in [-0.1, -0.05) is 42.5 Å². The summed E-state index contributed by atoms with van der Waals surface area (Å²) in [4.78, 5) is -0.395. The Morgan fingerprint density at radius 3 is 2.42 bits per heavy atom. The zero-order valence-corrected chi connectivity index (χ0v) is 8.09. The maximum absolute atomic E-state index is 5.52. The average Bonchev–Trinajstić information content (AvgIpc) is 2.05. The smallest absolute Gasteiger partial charge is 0.101 e. The molecule has 0 saturated heterocycles. The van der Waals surface area contributed by atoms with E-state index in [0.717, 1.165) is 6.42 Å². The second-order valence-corrected chi connectivity index (χ2v) is 3.62. The van der Waals surface area contributed by atoms with Crippen molar-refractivity contribution >= 4 is 23.2 Å². The molecule has 1 rings (SSSR count). The van der Waals surface area contributed by atoms with Gasteiger partial charge in [-0.05, 0) is 12.0 Å². The summed E-state index contributed by atoms with van der Waals surface area (Å²) in [6.45, 7) is 0. The molecule has 1 aromatic carbocycles. The van der Waals surface area contributed by atoms with E-state index in [-0.39, 0.29) is 0 Å². The average molecular weight is 201 g/mol. The highest BCUT2D eigenvalue weighted by atomic mass is 35.5. The third-order valence-electron chi connectivity index (χ3n) is 1.48. The molecule has 1 aromatic rings. The summed E-state index contributed by atoms with van der Waals surface area (Å²) in [6, 6.07) is 10.2. The van der Waals surface area contributed by atoms with Crippen molar-refractivity contribution in [1.29, 1.82) is 0 Å². The molecule has 0 amide bonds. The van der Waals surface area contributed by atoms with Crippen LogP contribution in [0.2, 0.25) is 0 Å². The molecule has 0 aliphatic heterocycles. The van der Waals surface area contributed by atoms with E-state index in [9.17, 15) is 0 Å². The lowest BCUT2D eigenvalue weighted by Gasteiger charge is -1.94. The van der Waals surface area contributed by atoms with Crippen LogP contribution in [0.4, 0.5) is 0 Å². The first-order valence-electron chi connectivity index (χ1n) is 3.78. The Balaban J connectivity index is 2.43. The van der Waals surface area contributed by atoms with Crippen molar-refractivity contribution < 1.29 is 0 Å². The topological polar surface area (TPSA) is 0 Å². The number of alkyl halides is 2. The van der Waals surface area contributed by atoms with E-state index in [1.807, 2.05) is 24.3 Å². The molecule has 2 heteroatoms. The van der Waals surface area contributed by atoms with Gasteiger partial charge in [0, 0.05) is 0 Å². The second kappa shape index (κ2) is 5.23. The molecule has 0 bridgehead atoms. The number of halogens is 2. The van der Waals surface area contributed by atoms with Crippen LogP contribution < -0.4 is 0 Å². The van der Waals surface area contributed by atoms with Crippen molar-refractivity contribution in [2.24, 2.45) is 0 Å². The largest absolute Gasteiger partial charge is 0.125 e. The summed E-state index contributed by atoms with van der Waals surface area (Å²) in [6.07, 6.45) is 4.63. The molecule has 0 heterocycles. The molecule has 0 aromatic heterocycles. The Hall–Kier alpha value is -0.460. The minimum Gasteiger partial charge on any atom is -0.101 e. The van der Waals surface area contributed by atoms with Gasteiger partial charge in [-0.2, -0.15) is 0 Å². The standard InChI is InChI=1S/C10H10Cl2/c11-10(12)8-4-7-9-5-2-1-3-6-9/h1-6,8,10H,7H2/b8-4+. The van der Waals surface area contributed by atoms with Crippen LogP contribution in [0.1, 0.15) is 5.56 Å². The van der Waals surface area contributed by atoms with Crippen LogP contribution in [0.3, 0.4) is 0 Å². The fraction of sp³-hybridized carbons (Fsp3) is 0.200. The highest BCUT2D eigenvalue weighted by Crippen LogP contribution is 2.05. The van der Waals surface area contributed by atoms with Crippen molar-refractivity contribution in [3.63, 3.8) is 0 Å². The number of allylic oxidation sites excluding steroid dienone is 2. The molecule has 0 aliphatic rings. The molecule has 12 heavy (non-hydrogen) atoms. The van der Waals surface area contributed by atoms with Gasteiger partial charge in [0.1, 0.15) is 4.84 Å². The van der Waals surface area contributed by atoms with Crippen LogP contribution in [0.25, 0.3) is 0 Å². The van der Waals surface area contributed by atoms with Crippen LogP contribution in [0.5, 0.6) is 0 Å². The fourth-order valence-electron chi connectivity index (χ4n) is 0.921. The fourth-order valence-corrected chi connectivity index (χ4v) is 1.13. The van der Waals surface area contributed by atoms with Crippen LogP contribution in [-0.2, 0) is 6.42 Å². The Morgan fingerprint density at radius 2 is 1.83 bits per heavy atom. The van der Waals surface area contributed by atoms with E-state index in [0.29, 0.717) is 0 Å². The minimum absolute atomic E-state index is 0.395. The van der Waals surface area contributed by atoms with Crippen LogP contribution in [-0.4, -0.2) is 4.84 Å². The van der Waals surface area contributed by atoms with Gasteiger partial charge in [0.25, 0.3) is 0 Å². The zero-order chi connectivity index (χ0) is 8.81. The van der Waals surface area contributed by atoms with Gasteiger partial charge >= 0.3 is 0 Å². The van der Waals surface area contributed by atoms with Gasteiger partial charge in [-0.25, -0.2) is 0 Å². The normalized spacial score (nSPS) is 11.2. The first kappa shape index (κ1) is 9.63. The highest BCUT2D eigenvalue weighted by molar-refractivity contribution is 6.45. The summed E-state index contributed by atoms with van der Waals surface area (Å²) in [5.74, 6) is 0. The van der Waals surface area contributed by atoms with Crippen molar-refractivity contribution in [3.8, 4) is 0 Å². The van der Waals surface area contributed by atoms with Gasteiger partial charge in [-0.3, -0.25) is 0 Å². The second-order valence-electron chi connectivity index (χ2n) is 2.45. The van der Waals surface area contributed by atoms with Crippen molar-refractivity contribution in [3.05, 3.63) is 48.0 Å². The molecule has 64 valence electrons. The van der Waals surface area contributed by atoms with Crippen LogP contribution >= 0.6 is 23.2 Å². The van der Waals surface area contributed by atoms with Crippen molar-refractivity contribution in [2.75, 3.05) is 0 Å². The third-order valence-corrected chi connectivity index (χ3v) is 1.77. The van der Waals surface area contributed by atoms with E-state index in [1.54, 1.807) is 6.08 Å². The lowest BCUT2D eigenvalue weighted by atomic mass is 10.1. The van der Waals surface area contributed by atoms with Gasteiger partial charge in [0.15, 0.2) is 0 Å². The summed E-state index contributed by atoms with van der Waals surface area (Å²) in [5, 5.41) is 0. The molecule has 0 nitrogen and oxygen atoms in total. The van der Waals surface area contributed by atoms with Crippen molar-refractivity contribution in [1.82, 2.24) is 0 Å². The molecule has 0 unspecified atom stereocenters. The van der Waals surface area contributed by atoms with Gasteiger partial charge < -0.3 is 0 Å². The molecular weight excluding hydrogens is 191 g/mol. The third kappa shape index (κ3) is 3.80. The SMILES string of the molecule is ClC(Cl)/C=C/Cc1ccccc1. The molecule has 0 spiro atoms. The number of hydrogen-bond donors (Lipinski definition) is 0. The molecule has 0 radical (unpaired) electrons. The van der Waals surface area contributed by atoms with E-state index < -0.39 is 4.84 Å². The monoisotopic (exact) mass is 200 g/mol. The van der Waals surface area contributed by atoms with E-state index in [1.165, 1.54) is 5.56 Å². The highest BCUT2D eigenvalue weighted by Gasteiger charge is 1.89. The van der Waals surface area contributed by atoms with E-state index in [4.69, 9.17) is 23.2 Å². The van der Waals surface area contributed by atoms with Crippen LogP contribution in [0.15, 0.2) is 42.5 Å². The Morgan fingerprint density at radius 1 is 1.17 bits per heavy atom. The molecule has 0 aliphatic carbocycles. The molecule has 0 fully saturated rings. The zero-order valence-electron chi connectivity index (χ0n) is 6.58. The molecule has 0 saturated carbocycles. The lowest BCUT2D eigenvalue weighted by molar-refractivity contribution is 1.26. The van der Waals surface area contributed by atoms with Gasteiger partial charge in [0.05, 0.1) is 0 Å². The molecule has 0 N–H and O–H groups in total. The molecule has 0 atom stereocenters.